The van der Waals surface area contributed by atoms with Crippen LogP contribution in [0.3, 0.4) is 0 Å². The lowest BCUT2D eigenvalue weighted by Crippen LogP contribution is -2.25. The van der Waals surface area contributed by atoms with Gasteiger partial charge in [0.2, 0.25) is 0 Å². The highest BCUT2D eigenvalue weighted by molar-refractivity contribution is 6.13. The highest BCUT2D eigenvalue weighted by Crippen LogP contribution is 2.39. The molecule has 8 rings (SSSR count). The monoisotopic (exact) mass is 630 g/mol. The van der Waals surface area contributed by atoms with Crippen LogP contribution in [-0.2, 0) is 0 Å². The number of aromatic nitrogens is 1. The molecule has 4 nitrogen and oxygen atoms in total. The number of nitrogens with two attached hydrogens (primary N) is 1. The lowest BCUT2D eigenvalue weighted by Gasteiger charge is -2.27. The van der Waals surface area contributed by atoms with Crippen molar-refractivity contribution in [2.24, 2.45) is 10.7 Å². The van der Waals surface area contributed by atoms with Crippen LogP contribution in [0.4, 0.5) is 0 Å². The van der Waals surface area contributed by atoms with Gasteiger partial charge in [0.25, 0.3) is 0 Å². The zero-order chi connectivity index (χ0) is 33.0. The first-order chi connectivity index (χ1) is 24.2. The number of nitrogens with zero attached hydrogens (tertiary/aromatic N) is 2. The van der Waals surface area contributed by atoms with Gasteiger partial charge in [-0.15, -0.1) is 0 Å². The maximum absolute atomic E-state index is 7.20. The van der Waals surface area contributed by atoms with Gasteiger partial charge in [-0.3, -0.25) is 4.99 Å². The summed E-state index contributed by atoms with van der Waals surface area (Å²) in [5.41, 5.74) is 18.5. The average molecular weight is 631 g/mol. The van der Waals surface area contributed by atoms with E-state index in [0.29, 0.717) is 5.70 Å². The smallest absolute Gasteiger partial charge is 0.146 e. The van der Waals surface area contributed by atoms with Crippen LogP contribution >= 0.6 is 0 Å². The highest BCUT2D eigenvalue weighted by atomic mass is 15.1. The molecule has 4 heteroatoms. The molecule has 1 aromatic heterocycles. The van der Waals surface area contributed by atoms with E-state index in [1.54, 1.807) is 0 Å². The fourth-order valence-electron chi connectivity index (χ4n) is 6.52. The Labute approximate surface area is 286 Å². The molecule has 234 valence electrons. The van der Waals surface area contributed by atoms with E-state index < -0.39 is 6.17 Å². The third-order valence-corrected chi connectivity index (χ3v) is 8.90. The van der Waals surface area contributed by atoms with Gasteiger partial charge < -0.3 is 11.1 Å². The average Bonchev–Trinajstić information content (AvgIpc) is 3.19. The van der Waals surface area contributed by atoms with Gasteiger partial charge in [-0.2, -0.15) is 0 Å². The van der Waals surface area contributed by atoms with E-state index in [1.807, 2.05) is 66.7 Å². The molecule has 2 heterocycles. The second-order valence-electron chi connectivity index (χ2n) is 12.0. The van der Waals surface area contributed by atoms with Crippen LogP contribution in [0.5, 0.6) is 0 Å². The third-order valence-electron chi connectivity index (χ3n) is 8.90. The van der Waals surface area contributed by atoms with Crippen LogP contribution in [0.1, 0.15) is 39.7 Å². The maximum atomic E-state index is 7.20. The van der Waals surface area contributed by atoms with Gasteiger partial charge in [0.1, 0.15) is 6.17 Å². The molecule has 0 bridgehead atoms. The summed E-state index contributed by atoms with van der Waals surface area (Å²) in [6, 6.07) is 60.2. The summed E-state index contributed by atoms with van der Waals surface area (Å²) < 4.78 is 0. The molecule has 1 aliphatic rings. The van der Waals surface area contributed by atoms with Gasteiger partial charge in [0, 0.05) is 33.5 Å². The predicted molar refractivity (Wildman–Crippen MR) is 203 cm³/mol. The Kier molecular flexibility index (Phi) is 8.11. The van der Waals surface area contributed by atoms with Gasteiger partial charge in [-0.1, -0.05) is 170 Å². The molecular weight excluding hydrogens is 597 g/mol. The Morgan fingerprint density at radius 1 is 0.551 bits per heavy atom. The molecule has 0 saturated carbocycles. The van der Waals surface area contributed by atoms with Crippen molar-refractivity contribution in [2.45, 2.75) is 6.17 Å². The van der Waals surface area contributed by atoms with Gasteiger partial charge >= 0.3 is 0 Å². The van der Waals surface area contributed by atoms with Crippen LogP contribution in [0.2, 0.25) is 0 Å². The number of nitrogens with one attached hydrogen (secondary N) is 1. The zero-order valence-corrected chi connectivity index (χ0v) is 26.9. The van der Waals surface area contributed by atoms with Crippen molar-refractivity contribution in [3.05, 3.63) is 216 Å². The Morgan fingerprint density at radius 2 is 1.10 bits per heavy atom. The van der Waals surface area contributed by atoms with E-state index in [0.717, 1.165) is 72.5 Å². The number of pyridine rings is 1. The molecular formula is C45H34N4. The molecule has 0 spiro atoms. The number of allylic oxidation sites excluding steroid dienone is 1. The number of hydrogen-bond donors (Lipinski definition) is 2. The van der Waals surface area contributed by atoms with Crippen molar-refractivity contribution >= 4 is 33.5 Å². The molecule has 0 aliphatic carbocycles. The maximum Gasteiger partial charge on any atom is 0.146 e. The minimum atomic E-state index is -0.391. The number of benzene rings is 6. The van der Waals surface area contributed by atoms with Gasteiger partial charge in [0.05, 0.1) is 17.1 Å². The molecule has 0 saturated heterocycles. The Bertz CT molecular complexity index is 2330. The quantitative estimate of drug-likeness (QED) is 0.172. The standard InChI is InChI=1S/C45H34N4/c46-43(35-25-14-5-15-26-35)42(34-23-12-4-13-24-34)44-41-36(29-38(47-44)31-17-6-1-7-18-31)27-16-28-37(41)45-48-39(32-19-8-2-9-20-32)30-40(49-45)33-21-10-3-11-22-33/h1-30,45,48H,46H2. The molecule has 0 amide bonds. The van der Waals surface area contributed by atoms with E-state index in [4.69, 9.17) is 15.7 Å². The molecule has 3 N–H and O–H groups in total. The fourth-order valence-corrected chi connectivity index (χ4v) is 6.52. The van der Waals surface area contributed by atoms with Crippen LogP contribution in [0.15, 0.2) is 187 Å². The minimum absolute atomic E-state index is 0.391. The first-order valence-electron chi connectivity index (χ1n) is 16.5. The molecule has 1 unspecified atom stereocenters. The van der Waals surface area contributed by atoms with E-state index in [2.05, 4.69) is 121 Å². The zero-order valence-electron chi connectivity index (χ0n) is 26.9. The fraction of sp³-hybridized carbons (Fsp3) is 0.0222. The van der Waals surface area contributed by atoms with Crippen molar-refractivity contribution in [3.8, 4) is 11.3 Å². The minimum Gasteiger partial charge on any atom is -0.398 e. The van der Waals surface area contributed by atoms with E-state index in [-0.39, 0.29) is 0 Å². The molecule has 0 fully saturated rings. The summed E-state index contributed by atoms with van der Waals surface area (Å²) in [6.45, 7) is 0. The second kappa shape index (κ2) is 13.3. The first kappa shape index (κ1) is 29.9. The molecule has 1 atom stereocenters. The van der Waals surface area contributed by atoms with Crippen molar-refractivity contribution in [3.63, 3.8) is 0 Å². The lowest BCUT2D eigenvalue weighted by molar-refractivity contribution is 0.669. The molecule has 1 aliphatic heterocycles. The molecule has 0 radical (unpaired) electrons. The van der Waals surface area contributed by atoms with Crippen LogP contribution in [0, 0.1) is 0 Å². The highest BCUT2D eigenvalue weighted by Gasteiger charge is 2.25. The summed E-state index contributed by atoms with van der Waals surface area (Å²) in [5, 5.41) is 5.85. The number of rotatable bonds is 7. The van der Waals surface area contributed by atoms with E-state index in [9.17, 15) is 0 Å². The lowest BCUT2D eigenvalue weighted by atomic mass is 9.90. The summed E-state index contributed by atoms with van der Waals surface area (Å²) in [7, 11) is 0. The first-order valence-corrected chi connectivity index (χ1v) is 16.5. The SMILES string of the molecule is NC(=C(c1ccccc1)c1nc(-c2ccccc2)cc2cccc(C3N=C(c4ccccc4)C=C(c4ccccc4)N3)c12)c1ccccc1. The van der Waals surface area contributed by atoms with E-state index in [1.165, 1.54) is 0 Å². The summed E-state index contributed by atoms with van der Waals surface area (Å²) >= 11 is 0. The Morgan fingerprint density at radius 3 is 1.73 bits per heavy atom. The molecule has 6 aromatic carbocycles. The topological polar surface area (TPSA) is 63.3 Å². The Balaban J connectivity index is 1.42. The number of fused-ring (bicyclic) bond motifs is 1. The van der Waals surface area contributed by atoms with Gasteiger partial charge in [0.15, 0.2) is 0 Å². The van der Waals surface area contributed by atoms with Gasteiger partial charge in [-0.05, 0) is 39.8 Å². The van der Waals surface area contributed by atoms with Crippen LogP contribution < -0.4 is 11.1 Å². The van der Waals surface area contributed by atoms with Crippen molar-refractivity contribution in [1.82, 2.24) is 10.3 Å². The second-order valence-corrected chi connectivity index (χ2v) is 12.0. The molecule has 49 heavy (non-hydrogen) atoms. The van der Waals surface area contributed by atoms with Gasteiger partial charge in [-0.25, -0.2) is 4.98 Å². The summed E-state index contributed by atoms with van der Waals surface area (Å²) in [4.78, 5) is 10.8. The van der Waals surface area contributed by atoms with Crippen molar-refractivity contribution in [1.29, 1.82) is 0 Å². The van der Waals surface area contributed by atoms with Crippen LogP contribution in [-0.4, -0.2) is 10.7 Å². The Hall–Kier alpha value is -6.52. The normalized spacial score (nSPS) is 14.7. The third kappa shape index (κ3) is 6.04. The van der Waals surface area contributed by atoms with E-state index >= 15 is 0 Å². The van der Waals surface area contributed by atoms with Crippen LogP contribution in [0.25, 0.3) is 39.0 Å². The predicted octanol–water partition coefficient (Wildman–Crippen LogP) is 9.91. The number of aliphatic imine (C=N–C) groups is 1. The largest absolute Gasteiger partial charge is 0.398 e. The number of hydrogen-bond acceptors (Lipinski definition) is 4. The van der Waals surface area contributed by atoms with Crippen molar-refractivity contribution < 1.29 is 0 Å². The summed E-state index contributed by atoms with van der Waals surface area (Å²) in [5.74, 6) is 0. The van der Waals surface area contributed by atoms with Crippen molar-refractivity contribution in [2.75, 3.05) is 0 Å². The summed E-state index contributed by atoms with van der Waals surface area (Å²) in [6.07, 6.45) is 1.75. The molecule has 7 aromatic rings.